The van der Waals surface area contributed by atoms with Crippen LogP contribution in [0.3, 0.4) is 0 Å². The van der Waals surface area contributed by atoms with E-state index < -0.39 is 11.5 Å². The number of nitrogens with zero attached hydrogens (tertiary/aromatic N) is 1. The zero-order chi connectivity index (χ0) is 17.9. The van der Waals surface area contributed by atoms with Gasteiger partial charge in [0.2, 0.25) is 11.8 Å². The highest BCUT2D eigenvalue weighted by atomic mass is 19.1. The van der Waals surface area contributed by atoms with Crippen molar-refractivity contribution in [3.8, 4) is 5.75 Å². The molecule has 0 bridgehead atoms. The molecule has 0 spiro atoms. The zero-order valence-corrected chi connectivity index (χ0v) is 14.1. The van der Waals surface area contributed by atoms with Gasteiger partial charge in [0.1, 0.15) is 23.8 Å². The fourth-order valence-electron chi connectivity index (χ4n) is 3.25. The second-order valence-electron chi connectivity index (χ2n) is 6.80. The molecule has 1 aliphatic heterocycles. The number of rotatable bonds is 6. The van der Waals surface area contributed by atoms with Crippen molar-refractivity contribution in [3.63, 3.8) is 0 Å². The number of morpholine rings is 1. The highest BCUT2D eigenvalue weighted by Gasteiger charge is 2.42. The van der Waals surface area contributed by atoms with E-state index in [1.54, 1.807) is 4.90 Å². The number of amides is 2. The molecule has 2 amide bonds. The zero-order valence-electron chi connectivity index (χ0n) is 14.1. The van der Waals surface area contributed by atoms with Gasteiger partial charge in [-0.1, -0.05) is 6.42 Å². The summed E-state index contributed by atoms with van der Waals surface area (Å²) < 4.78 is 24.5. The predicted octanol–water partition coefficient (Wildman–Crippen LogP) is 1.48. The summed E-state index contributed by atoms with van der Waals surface area (Å²) in [7, 11) is 0. The minimum atomic E-state index is -0.974. The van der Waals surface area contributed by atoms with Gasteiger partial charge in [0.05, 0.1) is 19.6 Å². The van der Waals surface area contributed by atoms with Crippen molar-refractivity contribution in [2.45, 2.75) is 31.3 Å². The highest BCUT2D eigenvalue weighted by molar-refractivity contribution is 5.80. The maximum Gasteiger partial charge on any atom is 0.225 e. The summed E-state index contributed by atoms with van der Waals surface area (Å²) in [6.07, 6.45) is 2.89. The summed E-state index contributed by atoms with van der Waals surface area (Å²) >= 11 is 0. The van der Waals surface area contributed by atoms with E-state index in [2.05, 4.69) is 0 Å². The van der Waals surface area contributed by atoms with Crippen molar-refractivity contribution in [1.82, 2.24) is 4.90 Å². The standard InChI is InChI=1S/C18H23FN2O4/c19-14-4-6-15(7-5-14)24-12-18(10-16(20)22)11-21(8-9-25-18)17(23)13-2-1-3-13/h4-7,13H,1-3,8-12H2,(H2,20,22)/t18-/m1/s1. The van der Waals surface area contributed by atoms with Crippen molar-refractivity contribution in [3.05, 3.63) is 30.1 Å². The molecule has 1 aromatic rings. The van der Waals surface area contributed by atoms with E-state index in [4.69, 9.17) is 15.2 Å². The smallest absolute Gasteiger partial charge is 0.225 e. The second-order valence-corrected chi connectivity index (χ2v) is 6.80. The van der Waals surface area contributed by atoms with E-state index in [1.807, 2.05) is 0 Å². The van der Waals surface area contributed by atoms with Crippen LogP contribution in [0.15, 0.2) is 24.3 Å². The van der Waals surface area contributed by atoms with Gasteiger partial charge in [-0.2, -0.15) is 0 Å². The first-order valence-corrected chi connectivity index (χ1v) is 8.57. The third kappa shape index (κ3) is 4.28. The van der Waals surface area contributed by atoms with Crippen LogP contribution in [0.1, 0.15) is 25.7 Å². The Morgan fingerprint density at radius 1 is 1.32 bits per heavy atom. The van der Waals surface area contributed by atoms with Crippen molar-refractivity contribution < 1.29 is 23.5 Å². The summed E-state index contributed by atoms with van der Waals surface area (Å²) in [5, 5.41) is 0. The molecule has 1 atom stereocenters. The number of carbonyl (C=O) groups excluding carboxylic acids is 2. The molecule has 1 saturated heterocycles. The Kier molecular flexibility index (Phi) is 5.22. The van der Waals surface area contributed by atoms with Gasteiger partial charge in [0, 0.05) is 12.5 Å². The molecule has 7 heteroatoms. The molecule has 25 heavy (non-hydrogen) atoms. The van der Waals surface area contributed by atoms with E-state index >= 15 is 0 Å². The van der Waals surface area contributed by atoms with Crippen LogP contribution in [0.5, 0.6) is 5.75 Å². The minimum absolute atomic E-state index is 0.0390. The third-order valence-corrected chi connectivity index (χ3v) is 4.83. The van der Waals surface area contributed by atoms with Crippen LogP contribution in [-0.4, -0.2) is 48.6 Å². The molecule has 136 valence electrons. The number of benzene rings is 1. The second kappa shape index (κ2) is 7.39. The van der Waals surface area contributed by atoms with E-state index in [9.17, 15) is 14.0 Å². The first-order valence-electron chi connectivity index (χ1n) is 8.57. The molecule has 0 aromatic heterocycles. The minimum Gasteiger partial charge on any atom is -0.490 e. The number of primary amides is 1. The fraction of sp³-hybridized carbons (Fsp3) is 0.556. The van der Waals surface area contributed by atoms with Gasteiger partial charge in [0.25, 0.3) is 0 Å². The van der Waals surface area contributed by atoms with Crippen molar-refractivity contribution >= 4 is 11.8 Å². The highest BCUT2D eigenvalue weighted by Crippen LogP contribution is 2.31. The Balaban J connectivity index is 1.69. The molecule has 2 N–H and O–H groups in total. The van der Waals surface area contributed by atoms with Crippen LogP contribution in [0.2, 0.25) is 0 Å². The van der Waals surface area contributed by atoms with Crippen LogP contribution in [-0.2, 0) is 14.3 Å². The quantitative estimate of drug-likeness (QED) is 0.842. The van der Waals surface area contributed by atoms with E-state index in [0.29, 0.717) is 18.9 Å². The Morgan fingerprint density at radius 2 is 2.04 bits per heavy atom. The van der Waals surface area contributed by atoms with Crippen LogP contribution in [0, 0.1) is 11.7 Å². The van der Waals surface area contributed by atoms with Crippen molar-refractivity contribution in [2.24, 2.45) is 11.7 Å². The Bertz CT molecular complexity index is 632. The van der Waals surface area contributed by atoms with Crippen LogP contribution < -0.4 is 10.5 Å². The molecule has 2 aliphatic rings. The lowest BCUT2D eigenvalue weighted by Gasteiger charge is -2.43. The Labute approximate surface area is 146 Å². The monoisotopic (exact) mass is 350 g/mol. The maximum atomic E-state index is 13.0. The molecular formula is C18H23FN2O4. The molecule has 1 aromatic carbocycles. The summed E-state index contributed by atoms with van der Waals surface area (Å²) in [5.41, 5.74) is 4.41. The van der Waals surface area contributed by atoms with E-state index in [-0.39, 0.29) is 37.2 Å². The largest absolute Gasteiger partial charge is 0.490 e. The van der Waals surface area contributed by atoms with Crippen molar-refractivity contribution in [2.75, 3.05) is 26.3 Å². The fourth-order valence-corrected chi connectivity index (χ4v) is 3.25. The predicted molar refractivity (Wildman–Crippen MR) is 88.3 cm³/mol. The first kappa shape index (κ1) is 17.7. The molecule has 0 radical (unpaired) electrons. The molecule has 1 heterocycles. The average molecular weight is 350 g/mol. The molecule has 6 nitrogen and oxygen atoms in total. The van der Waals surface area contributed by atoms with Crippen LogP contribution in [0.25, 0.3) is 0 Å². The lowest BCUT2D eigenvalue weighted by Crippen LogP contribution is -2.59. The summed E-state index contributed by atoms with van der Waals surface area (Å²) in [4.78, 5) is 25.8. The number of hydrogen-bond donors (Lipinski definition) is 1. The van der Waals surface area contributed by atoms with Gasteiger partial charge >= 0.3 is 0 Å². The molecular weight excluding hydrogens is 327 g/mol. The van der Waals surface area contributed by atoms with Gasteiger partial charge in [-0.25, -0.2) is 4.39 Å². The summed E-state index contributed by atoms with van der Waals surface area (Å²) in [5.74, 6) is -0.199. The summed E-state index contributed by atoms with van der Waals surface area (Å²) in [6.45, 7) is 1.17. The van der Waals surface area contributed by atoms with Crippen LogP contribution in [0.4, 0.5) is 4.39 Å². The number of ether oxygens (including phenoxy) is 2. The van der Waals surface area contributed by atoms with Crippen molar-refractivity contribution in [1.29, 1.82) is 0 Å². The van der Waals surface area contributed by atoms with Gasteiger partial charge in [0.15, 0.2) is 0 Å². The normalized spacial score (nSPS) is 23.8. The Morgan fingerprint density at radius 3 is 2.64 bits per heavy atom. The van der Waals surface area contributed by atoms with Gasteiger partial charge in [-0.15, -0.1) is 0 Å². The number of carbonyl (C=O) groups is 2. The molecule has 1 aliphatic carbocycles. The summed E-state index contributed by atoms with van der Waals surface area (Å²) in [6, 6.07) is 5.61. The van der Waals surface area contributed by atoms with E-state index in [0.717, 1.165) is 19.3 Å². The molecule has 3 rings (SSSR count). The van der Waals surface area contributed by atoms with Gasteiger partial charge in [-0.05, 0) is 37.1 Å². The lowest BCUT2D eigenvalue weighted by atomic mass is 9.83. The first-order chi connectivity index (χ1) is 12.0. The average Bonchev–Trinajstić information content (AvgIpc) is 2.52. The number of hydrogen-bond acceptors (Lipinski definition) is 4. The topological polar surface area (TPSA) is 81.9 Å². The van der Waals surface area contributed by atoms with E-state index in [1.165, 1.54) is 24.3 Å². The van der Waals surface area contributed by atoms with Gasteiger partial charge in [-0.3, -0.25) is 9.59 Å². The SMILES string of the molecule is NC(=O)C[C@]1(COc2ccc(F)cc2)CN(C(=O)C2CCC2)CCO1. The molecule has 2 fully saturated rings. The van der Waals surface area contributed by atoms with Crippen LogP contribution >= 0.6 is 0 Å². The maximum absolute atomic E-state index is 13.0. The molecule has 0 unspecified atom stereocenters. The lowest BCUT2D eigenvalue weighted by molar-refractivity contribution is -0.166. The number of halogens is 1. The Hall–Kier alpha value is -2.15. The molecule has 1 saturated carbocycles. The van der Waals surface area contributed by atoms with Gasteiger partial charge < -0.3 is 20.1 Å². The third-order valence-electron chi connectivity index (χ3n) is 4.83. The number of nitrogens with two attached hydrogens (primary N) is 1.